The van der Waals surface area contributed by atoms with E-state index in [1.165, 1.54) is 6.42 Å². The van der Waals surface area contributed by atoms with Gasteiger partial charge < -0.3 is 5.11 Å². The minimum Gasteiger partial charge on any atom is -0.386 e. The molecule has 2 aromatic rings. The van der Waals surface area contributed by atoms with Gasteiger partial charge >= 0.3 is 0 Å². The van der Waals surface area contributed by atoms with Crippen LogP contribution >= 0.6 is 0 Å². The lowest BCUT2D eigenvalue weighted by Gasteiger charge is -2.33. The van der Waals surface area contributed by atoms with Gasteiger partial charge in [-0.3, -0.25) is 4.68 Å². The average molecular weight is 272 g/mol. The number of aromatic nitrogens is 2. The van der Waals surface area contributed by atoms with Gasteiger partial charge in [0.25, 0.3) is 0 Å². The number of hydrogen-bond acceptors (Lipinski definition) is 2. The van der Waals surface area contributed by atoms with Crippen molar-refractivity contribution in [2.45, 2.75) is 39.2 Å². The van der Waals surface area contributed by atoms with E-state index < -0.39 is 6.10 Å². The van der Waals surface area contributed by atoms with E-state index in [4.69, 9.17) is 0 Å². The number of fused-ring (bicyclic) bond motifs is 1. The van der Waals surface area contributed by atoms with E-state index in [-0.39, 0.29) is 0 Å². The highest BCUT2D eigenvalue weighted by atomic mass is 16.3. The highest BCUT2D eigenvalue weighted by Gasteiger charge is 2.32. The summed E-state index contributed by atoms with van der Waals surface area (Å²) >= 11 is 0. The summed E-state index contributed by atoms with van der Waals surface area (Å²) in [6, 6.07) is 8.17. The summed E-state index contributed by atoms with van der Waals surface area (Å²) in [7, 11) is 1.95. The van der Waals surface area contributed by atoms with Gasteiger partial charge in [-0.15, -0.1) is 0 Å². The summed E-state index contributed by atoms with van der Waals surface area (Å²) < 4.78 is 1.88. The van der Waals surface area contributed by atoms with Crippen molar-refractivity contribution in [3.63, 3.8) is 0 Å². The minimum atomic E-state index is -0.439. The smallest absolute Gasteiger partial charge is 0.101 e. The number of nitrogens with zero attached hydrogens (tertiary/aromatic N) is 2. The van der Waals surface area contributed by atoms with Gasteiger partial charge in [-0.05, 0) is 43.1 Å². The maximum Gasteiger partial charge on any atom is 0.101 e. The molecule has 1 heterocycles. The van der Waals surface area contributed by atoms with Gasteiger partial charge in [-0.2, -0.15) is 5.10 Å². The van der Waals surface area contributed by atoms with Crippen molar-refractivity contribution in [1.29, 1.82) is 0 Å². The molecule has 0 amide bonds. The lowest BCUT2D eigenvalue weighted by atomic mass is 9.74. The molecule has 3 rings (SSSR count). The van der Waals surface area contributed by atoms with Gasteiger partial charge in [-0.25, -0.2) is 0 Å². The number of para-hydroxylation sites is 1. The van der Waals surface area contributed by atoms with Crippen LogP contribution < -0.4 is 0 Å². The molecule has 1 aromatic heterocycles. The predicted octanol–water partition coefficient (Wildman–Crippen LogP) is 3.68. The Morgan fingerprint density at radius 3 is 2.50 bits per heavy atom. The highest BCUT2D eigenvalue weighted by molar-refractivity contribution is 5.82. The summed E-state index contributed by atoms with van der Waals surface area (Å²) in [6.45, 7) is 4.60. The van der Waals surface area contributed by atoms with E-state index >= 15 is 0 Å². The van der Waals surface area contributed by atoms with Gasteiger partial charge in [0, 0.05) is 12.4 Å². The molecular weight excluding hydrogens is 248 g/mol. The molecule has 1 aliphatic rings. The molecule has 1 fully saturated rings. The fraction of sp³-hybridized carbons (Fsp3) is 0.588. The first-order valence-electron chi connectivity index (χ1n) is 7.66. The molecule has 0 radical (unpaired) electrons. The SMILES string of the molecule is CC1CC(C)CC(C(O)c2nn(C)c3ccccc23)C1. The Balaban J connectivity index is 1.94. The molecule has 0 aliphatic heterocycles. The molecular formula is C17H24N2O. The molecule has 3 heteroatoms. The van der Waals surface area contributed by atoms with Gasteiger partial charge in [0.15, 0.2) is 0 Å². The summed E-state index contributed by atoms with van der Waals surface area (Å²) in [6.07, 6.45) is 3.06. The van der Waals surface area contributed by atoms with E-state index in [9.17, 15) is 5.11 Å². The summed E-state index contributed by atoms with van der Waals surface area (Å²) in [4.78, 5) is 0. The van der Waals surface area contributed by atoms with Gasteiger partial charge in [0.05, 0.1) is 11.2 Å². The van der Waals surface area contributed by atoms with E-state index in [0.717, 1.165) is 29.4 Å². The number of benzene rings is 1. The third kappa shape index (κ3) is 2.35. The van der Waals surface area contributed by atoms with Crippen LogP contribution in [-0.2, 0) is 7.05 Å². The van der Waals surface area contributed by atoms with Crippen LogP contribution in [0.25, 0.3) is 10.9 Å². The lowest BCUT2D eigenvalue weighted by molar-refractivity contribution is 0.0527. The monoisotopic (exact) mass is 272 g/mol. The largest absolute Gasteiger partial charge is 0.386 e. The van der Waals surface area contributed by atoms with Gasteiger partial charge in [0.1, 0.15) is 6.10 Å². The van der Waals surface area contributed by atoms with Crippen LogP contribution in [0.2, 0.25) is 0 Å². The topological polar surface area (TPSA) is 38.1 Å². The molecule has 20 heavy (non-hydrogen) atoms. The van der Waals surface area contributed by atoms with Crippen LogP contribution in [0.1, 0.15) is 44.9 Å². The average Bonchev–Trinajstić information content (AvgIpc) is 2.75. The Bertz CT molecular complexity index is 594. The Labute approximate surface area is 120 Å². The third-order valence-electron chi connectivity index (χ3n) is 4.73. The van der Waals surface area contributed by atoms with Crippen molar-refractivity contribution in [1.82, 2.24) is 9.78 Å². The van der Waals surface area contributed by atoms with Crippen molar-refractivity contribution in [3.8, 4) is 0 Å². The van der Waals surface area contributed by atoms with E-state index in [1.54, 1.807) is 0 Å². The van der Waals surface area contributed by atoms with Crippen LogP contribution in [0.5, 0.6) is 0 Å². The second-order valence-corrected chi connectivity index (χ2v) is 6.65. The molecule has 1 saturated carbocycles. The van der Waals surface area contributed by atoms with E-state index in [2.05, 4.69) is 31.1 Å². The summed E-state index contributed by atoms with van der Waals surface area (Å²) in [5, 5.41) is 16.5. The van der Waals surface area contributed by atoms with Crippen molar-refractivity contribution in [3.05, 3.63) is 30.0 Å². The van der Waals surface area contributed by atoms with Crippen molar-refractivity contribution in [2.24, 2.45) is 24.8 Å². The number of rotatable bonds is 2. The quantitative estimate of drug-likeness (QED) is 0.905. The summed E-state index contributed by atoms with van der Waals surface area (Å²) in [5.74, 6) is 1.74. The zero-order chi connectivity index (χ0) is 14.3. The molecule has 0 bridgehead atoms. The Morgan fingerprint density at radius 2 is 1.80 bits per heavy atom. The Kier molecular flexibility index (Phi) is 3.55. The normalized spacial score (nSPS) is 28.7. The predicted molar refractivity (Wildman–Crippen MR) is 81.3 cm³/mol. The molecule has 108 valence electrons. The zero-order valence-corrected chi connectivity index (χ0v) is 12.6. The van der Waals surface area contributed by atoms with Crippen molar-refractivity contribution < 1.29 is 5.11 Å². The minimum absolute atomic E-state index is 0.340. The Morgan fingerprint density at radius 1 is 1.15 bits per heavy atom. The standard InChI is InChI=1S/C17H24N2O/c1-11-8-12(2)10-13(9-11)17(20)16-14-6-4-5-7-15(14)19(3)18-16/h4-7,11-13,17,20H,8-10H2,1-3H3. The number of aliphatic hydroxyl groups is 1. The fourth-order valence-electron chi connectivity index (χ4n) is 3.95. The highest BCUT2D eigenvalue weighted by Crippen LogP contribution is 2.40. The second kappa shape index (κ2) is 5.21. The van der Waals surface area contributed by atoms with Crippen molar-refractivity contribution >= 4 is 10.9 Å². The van der Waals surface area contributed by atoms with Crippen LogP contribution in [0.4, 0.5) is 0 Å². The summed E-state index contributed by atoms with van der Waals surface area (Å²) in [5.41, 5.74) is 1.95. The third-order valence-corrected chi connectivity index (χ3v) is 4.73. The lowest BCUT2D eigenvalue weighted by Crippen LogP contribution is -2.25. The molecule has 3 nitrogen and oxygen atoms in total. The molecule has 0 saturated heterocycles. The molecule has 1 aliphatic carbocycles. The van der Waals surface area contributed by atoms with Crippen LogP contribution in [0.15, 0.2) is 24.3 Å². The first-order valence-corrected chi connectivity index (χ1v) is 7.66. The van der Waals surface area contributed by atoms with Gasteiger partial charge in [0.2, 0.25) is 0 Å². The van der Waals surface area contributed by atoms with Crippen molar-refractivity contribution in [2.75, 3.05) is 0 Å². The molecule has 1 N–H and O–H groups in total. The van der Waals surface area contributed by atoms with Gasteiger partial charge in [-0.1, -0.05) is 32.0 Å². The maximum atomic E-state index is 10.8. The molecule has 3 atom stereocenters. The number of hydrogen-bond donors (Lipinski definition) is 1. The van der Waals surface area contributed by atoms with E-state index in [0.29, 0.717) is 17.8 Å². The number of aliphatic hydroxyl groups excluding tert-OH is 1. The van der Waals surface area contributed by atoms with E-state index in [1.807, 2.05) is 23.9 Å². The number of aryl methyl sites for hydroxylation is 1. The molecule has 1 aromatic carbocycles. The van der Waals surface area contributed by atoms with Crippen LogP contribution in [-0.4, -0.2) is 14.9 Å². The maximum absolute atomic E-state index is 10.8. The first-order chi connectivity index (χ1) is 9.56. The zero-order valence-electron chi connectivity index (χ0n) is 12.6. The van der Waals surface area contributed by atoms with Crippen LogP contribution in [0, 0.1) is 17.8 Å². The first kappa shape index (κ1) is 13.6. The molecule has 0 spiro atoms. The van der Waals surface area contributed by atoms with Crippen LogP contribution in [0.3, 0.4) is 0 Å². The Hall–Kier alpha value is -1.35. The molecule has 3 unspecified atom stereocenters. The second-order valence-electron chi connectivity index (χ2n) is 6.65. The fourth-order valence-corrected chi connectivity index (χ4v) is 3.95.